The van der Waals surface area contributed by atoms with Crippen LogP contribution in [-0.4, -0.2) is 11.1 Å². The van der Waals surface area contributed by atoms with E-state index < -0.39 is 0 Å². The van der Waals surface area contributed by atoms with E-state index in [0.717, 1.165) is 22.3 Å². The molecule has 0 unspecified atom stereocenters. The van der Waals surface area contributed by atoms with Crippen LogP contribution >= 0.6 is 0 Å². The first-order valence-electron chi connectivity index (χ1n) is 8.90. The van der Waals surface area contributed by atoms with Crippen LogP contribution in [0.2, 0.25) is 0 Å². The van der Waals surface area contributed by atoms with E-state index in [9.17, 15) is 9.90 Å². The molecule has 0 aliphatic carbocycles. The molecule has 1 aliphatic rings. The summed E-state index contributed by atoms with van der Waals surface area (Å²) >= 11 is 0. The van der Waals surface area contributed by atoms with Crippen LogP contribution in [0.3, 0.4) is 0 Å². The van der Waals surface area contributed by atoms with Gasteiger partial charge in [-0.15, -0.1) is 0 Å². The molecule has 3 nitrogen and oxygen atoms in total. The predicted molar refractivity (Wildman–Crippen MR) is 105 cm³/mol. The molecule has 1 N–H and O–H groups in total. The van der Waals surface area contributed by atoms with Crippen molar-refractivity contribution < 1.29 is 14.6 Å². The highest BCUT2D eigenvalue weighted by Crippen LogP contribution is 2.41. The van der Waals surface area contributed by atoms with Crippen LogP contribution in [0.5, 0.6) is 5.75 Å². The largest absolute Gasteiger partial charge is 0.507 e. The fourth-order valence-corrected chi connectivity index (χ4v) is 3.23. The van der Waals surface area contributed by atoms with E-state index >= 15 is 0 Å². The number of benzene rings is 2. The molecule has 0 saturated carbocycles. The van der Waals surface area contributed by atoms with Crippen molar-refractivity contribution in [3.05, 3.63) is 64.2 Å². The van der Waals surface area contributed by atoms with Crippen molar-refractivity contribution in [3.8, 4) is 5.75 Å². The zero-order valence-electron chi connectivity index (χ0n) is 16.3. The number of carbonyl (C=O) groups excluding carboxylic acids is 1. The first-order valence-corrected chi connectivity index (χ1v) is 8.90. The van der Waals surface area contributed by atoms with Crippen molar-refractivity contribution in [1.29, 1.82) is 0 Å². The van der Waals surface area contributed by atoms with Gasteiger partial charge in [-0.2, -0.15) is 0 Å². The van der Waals surface area contributed by atoms with E-state index in [1.165, 1.54) is 0 Å². The smallest absolute Gasteiger partial charge is 0.344 e. The van der Waals surface area contributed by atoms with Gasteiger partial charge >= 0.3 is 5.97 Å². The molecule has 26 heavy (non-hydrogen) atoms. The van der Waals surface area contributed by atoms with Crippen molar-refractivity contribution in [3.63, 3.8) is 0 Å². The molecule has 1 heterocycles. The molecule has 0 amide bonds. The van der Waals surface area contributed by atoms with Gasteiger partial charge in [0, 0.05) is 16.7 Å². The normalized spacial score (nSPS) is 15.9. The maximum absolute atomic E-state index is 12.1. The molecule has 2 aromatic carbocycles. The van der Waals surface area contributed by atoms with Gasteiger partial charge in [-0.25, -0.2) is 4.79 Å². The molecule has 0 saturated heterocycles. The van der Waals surface area contributed by atoms with Gasteiger partial charge in [0.15, 0.2) is 0 Å². The number of ether oxygens (including phenoxy) is 1. The Morgan fingerprint density at radius 2 is 1.38 bits per heavy atom. The third kappa shape index (κ3) is 3.26. The predicted octanol–water partition coefficient (Wildman–Crippen LogP) is 5.66. The first-order chi connectivity index (χ1) is 12.0. The molecule has 2 aromatic rings. The van der Waals surface area contributed by atoms with Gasteiger partial charge in [0.05, 0.1) is 5.56 Å². The summed E-state index contributed by atoms with van der Waals surface area (Å²) in [7, 11) is 0. The summed E-state index contributed by atoms with van der Waals surface area (Å²) in [5.41, 5.74) is 3.66. The summed E-state index contributed by atoms with van der Waals surface area (Å²) in [5.74, 6) is 0.574. The number of esters is 1. The fraction of sp³-hybridized carbons (Fsp3) is 0.348. The second kappa shape index (κ2) is 6.01. The van der Waals surface area contributed by atoms with Gasteiger partial charge in [-0.05, 0) is 40.7 Å². The molecule has 0 fully saturated rings. The Labute approximate surface area is 155 Å². The van der Waals surface area contributed by atoms with Gasteiger partial charge in [-0.1, -0.05) is 59.7 Å². The molecule has 136 valence electrons. The number of cyclic esters (lactones) is 1. The number of fused-ring (bicyclic) bond motifs is 1. The topological polar surface area (TPSA) is 46.5 Å². The summed E-state index contributed by atoms with van der Waals surface area (Å²) in [5, 5.41) is 10.8. The van der Waals surface area contributed by atoms with Crippen molar-refractivity contribution in [2.45, 2.75) is 52.4 Å². The summed E-state index contributed by atoms with van der Waals surface area (Å²) < 4.78 is 5.48. The number of hydrogen-bond donors (Lipinski definition) is 1. The lowest BCUT2D eigenvalue weighted by Gasteiger charge is -2.28. The second-order valence-electron chi connectivity index (χ2n) is 8.91. The van der Waals surface area contributed by atoms with Crippen molar-refractivity contribution in [2.24, 2.45) is 0 Å². The van der Waals surface area contributed by atoms with Gasteiger partial charge in [0.2, 0.25) is 0 Å². The monoisotopic (exact) mass is 350 g/mol. The van der Waals surface area contributed by atoms with Gasteiger partial charge in [0.1, 0.15) is 11.5 Å². The number of carbonyl (C=O) groups is 1. The molecule has 1 aliphatic heterocycles. The Balaban J connectivity index is 2.19. The average Bonchev–Trinajstić information content (AvgIpc) is 2.83. The fourth-order valence-electron chi connectivity index (χ4n) is 3.23. The van der Waals surface area contributed by atoms with E-state index in [0.29, 0.717) is 17.1 Å². The van der Waals surface area contributed by atoms with Gasteiger partial charge in [-0.3, -0.25) is 0 Å². The van der Waals surface area contributed by atoms with E-state index in [2.05, 4.69) is 41.5 Å². The highest BCUT2D eigenvalue weighted by molar-refractivity contribution is 6.05. The number of phenolic OH excluding ortho intramolecular Hbond substituents is 1. The van der Waals surface area contributed by atoms with Crippen LogP contribution in [0.1, 0.15) is 74.2 Å². The maximum Gasteiger partial charge on any atom is 0.344 e. The molecule has 0 aromatic heterocycles. The Kier molecular flexibility index (Phi) is 4.22. The summed E-state index contributed by atoms with van der Waals surface area (Å²) in [6, 6.07) is 11.3. The molecule has 3 heteroatoms. The molecule has 0 radical (unpaired) electrons. The number of aromatic hydroxyl groups is 1. The Hall–Kier alpha value is -2.55. The summed E-state index contributed by atoms with van der Waals surface area (Å²) in [6.07, 6.45) is 1.88. The molecule has 0 spiro atoms. The quantitative estimate of drug-likeness (QED) is 0.675. The highest BCUT2D eigenvalue weighted by Gasteiger charge is 2.28. The van der Waals surface area contributed by atoms with Crippen LogP contribution in [0, 0.1) is 0 Å². The lowest BCUT2D eigenvalue weighted by Crippen LogP contribution is -2.17. The molecule has 0 atom stereocenters. The van der Waals surface area contributed by atoms with Crippen LogP contribution < -0.4 is 0 Å². The van der Waals surface area contributed by atoms with Crippen LogP contribution in [0.4, 0.5) is 0 Å². The first kappa shape index (κ1) is 18.2. The van der Waals surface area contributed by atoms with E-state index in [4.69, 9.17) is 4.74 Å². The molecule has 3 rings (SSSR count). The number of hydrogen-bond acceptors (Lipinski definition) is 3. The van der Waals surface area contributed by atoms with E-state index in [1.807, 2.05) is 36.4 Å². The third-order valence-electron chi connectivity index (χ3n) is 4.66. The Bertz CT molecular complexity index is 871. The third-order valence-corrected chi connectivity index (χ3v) is 4.66. The zero-order chi connectivity index (χ0) is 19.3. The minimum absolute atomic E-state index is 0.205. The lowest BCUT2D eigenvalue weighted by molar-refractivity contribution is 0.0717. The molecular weight excluding hydrogens is 324 g/mol. The highest BCUT2D eigenvalue weighted by atomic mass is 16.5. The molecule has 0 bridgehead atoms. The van der Waals surface area contributed by atoms with Crippen molar-refractivity contribution >= 4 is 17.8 Å². The zero-order valence-corrected chi connectivity index (χ0v) is 16.3. The standard InChI is InChI=1S/C23H26O3/c1-22(2,3)17-11-14(12-18(20(17)24)23(4,5)6)13-19-15-9-7-8-10-16(15)21(25)26-19/h7-13,24H,1-6H3/b19-13+. The number of rotatable bonds is 1. The van der Waals surface area contributed by atoms with Crippen molar-refractivity contribution in [1.82, 2.24) is 0 Å². The van der Waals surface area contributed by atoms with Gasteiger partial charge < -0.3 is 9.84 Å². The SMILES string of the molecule is CC(C)(C)c1cc(/C=C2/OC(=O)c3ccccc32)cc(C(C)(C)C)c1O. The minimum atomic E-state index is -0.322. The second-order valence-corrected chi connectivity index (χ2v) is 8.91. The van der Waals surface area contributed by atoms with Crippen LogP contribution in [0.15, 0.2) is 36.4 Å². The maximum atomic E-state index is 12.1. The number of phenols is 1. The average molecular weight is 350 g/mol. The Morgan fingerprint density at radius 1 is 0.885 bits per heavy atom. The van der Waals surface area contributed by atoms with Crippen LogP contribution in [-0.2, 0) is 15.6 Å². The molecular formula is C23H26O3. The summed E-state index contributed by atoms with van der Waals surface area (Å²) in [4.78, 5) is 12.1. The minimum Gasteiger partial charge on any atom is -0.507 e. The Morgan fingerprint density at radius 3 is 1.88 bits per heavy atom. The van der Waals surface area contributed by atoms with E-state index in [1.54, 1.807) is 6.07 Å². The van der Waals surface area contributed by atoms with Gasteiger partial charge in [0.25, 0.3) is 0 Å². The lowest BCUT2D eigenvalue weighted by atomic mass is 9.78. The van der Waals surface area contributed by atoms with Crippen molar-refractivity contribution in [2.75, 3.05) is 0 Å². The van der Waals surface area contributed by atoms with E-state index in [-0.39, 0.29) is 16.8 Å². The van der Waals surface area contributed by atoms with Crippen LogP contribution in [0.25, 0.3) is 11.8 Å². The summed E-state index contributed by atoms with van der Waals surface area (Å²) in [6.45, 7) is 12.5.